The Bertz CT molecular complexity index is 310. The largest absolute Gasteiger partial charge is 0.371 e. The van der Waals surface area contributed by atoms with Crippen LogP contribution in [0.3, 0.4) is 0 Å². The number of ether oxygens (including phenoxy) is 1. The summed E-state index contributed by atoms with van der Waals surface area (Å²) in [6.07, 6.45) is 2.80. The van der Waals surface area contributed by atoms with Gasteiger partial charge in [-0.2, -0.15) is 0 Å². The lowest BCUT2D eigenvalue weighted by atomic mass is 9.90. The number of aryl methyl sites for hydroxylation is 1. The molecule has 1 saturated heterocycles. The molecule has 1 N–H and O–H groups in total. The normalized spacial score (nSPS) is 32.3. The highest BCUT2D eigenvalue weighted by molar-refractivity contribution is 7.10. The molecule has 2 atom stereocenters. The highest BCUT2D eigenvalue weighted by Crippen LogP contribution is 2.36. The number of rotatable bonds is 0. The van der Waals surface area contributed by atoms with Crippen molar-refractivity contribution in [2.24, 2.45) is 0 Å². The van der Waals surface area contributed by atoms with Crippen molar-refractivity contribution in [3.63, 3.8) is 0 Å². The monoisotopic (exact) mass is 195 g/mol. The van der Waals surface area contributed by atoms with E-state index in [0.29, 0.717) is 12.1 Å². The Balaban J connectivity index is 1.97. The first-order valence-corrected chi connectivity index (χ1v) is 5.74. The quantitative estimate of drug-likeness (QED) is 0.680. The molecule has 1 aromatic heterocycles. The Morgan fingerprint density at radius 2 is 2.54 bits per heavy atom. The Labute approximate surface area is 81.9 Å². The summed E-state index contributed by atoms with van der Waals surface area (Å²) in [5.41, 5.74) is 1.44. The third-order valence-corrected chi connectivity index (χ3v) is 3.94. The molecule has 2 nitrogen and oxygen atoms in total. The topological polar surface area (TPSA) is 21.3 Å². The Hall–Kier alpha value is -0.380. The van der Waals surface area contributed by atoms with E-state index in [1.54, 1.807) is 0 Å². The van der Waals surface area contributed by atoms with Crippen LogP contribution in [-0.2, 0) is 11.2 Å². The zero-order chi connectivity index (χ0) is 8.67. The maximum Gasteiger partial charge on any atom is 0.0989 e. The van der Waals surface area contributed by atoms with Crippen LogP contribution in [0.15, 0.2) is 11.4 Å². The highest BCUT2D eigenvalue weighted by atomic mass is 32.1. The van der Waals surface area contributed by atoms with Crippen LogP contribution in [0.1, 0.15) is 23.0 Å². The van der Waals surface area contributed by atoms with E-state index in [9.17, 15) is 0 Å². The van der Waals surface area contributed by atoms with E-state index >= 15 is 0 Å². The van der Waals surface area contributed by atoms with Gasteiger partial charge in [-0.15, -0.1) is 11.3 Å². The van der Waals surface area contributed by atoms with E-state index in [-0.39, 0.29) is 0 Å². The summed E-state index contributed by atoms with van der Waals surface area (Å²) in [6, 6.07) is 2.79. The predicted molar refractivity (Wildman–Crippen MR) is 53.1 cm³/mol. The first kappa shape index (κ1) is 7.97. The van der Waals surface area contributed by atoms with Gasteiger partial charge in [0.05, 0.1) is 12.7 Å². The average Bonchev–Trinajstić information content (AvgIpc) is 2.65. The van der Waals surface area contributed by atoms with Crippen molar-refractivity contribution < 1.29 is 4.74 Å². The van der Waals surface area contributed by atoms with Crippen molar-refractivity contribution in [3.05, 3.63) is 21.9 Å². The second kappa shape index (κ2) is 3.08. The van der Waals surface area contributed by atoms with Gasteiger partial charge in [0, 0.05) is 17.5 Å². The van der Waals surface area contributed by atoms with Crippen LogP contribution in [-0.4, -0.2) is 19.2 Å². The molecule has 3 rings (SSSR count). The minimum atomic E-state index is 0.337. The van der Waals surface area contributed by atoms with Crippen molar-refractivity contribution in [1.29, 1.82) is 0 Å². The third-order valence-electron chi connectivity index (χ3n) is 2.94. The van der Waals surface area contributed by atoms with E-state index in [1.807, 2.05) is 11.3 Å². The minimum Gasteiger partial charge on any atom is -0.371 e. The van der Waals surface area contributed by atoms with E-state index < -0.39 is 0 Å². The summed E-state index contributed by atoms with van der Waals surface area (Å²) in [6.45, 7) is 1.87. The fourth-order valence-electron chi connectivity index (χ4n) is 2.31. The van der Waals surface area contributed by atoms with Crippen LogP contribution in [0.5, 0.6) is 0 Å². The number of hydrogen-bond donors (Lipinski definition) is 1. The number of thiophene rings is 1. The van der Waals surface area contributed by atoms with Crippen molar-refractivity contribution in [3.8, 4) is 0 Å². The Morgan fingerprint density at radius 3 is 3.54 bits per heavy atom. The maximum atomic E-state index is 5.81. The third kappa shape index (κ3) is 1.23. The van der Waals surface area contributed by atoms with E-state index in [4.69, 9.17) is 4.74 Å². The lowest BCUT2D eigenvalue weighted by molar-refractivity contribution is -0.0121. The van der Waals surface area contributed by atoms with Crippen molar-refractivity contribution in [2.45, 2.75) is 25.0 Å². The lowest BCUT2D eigenvalue weighted by Crippen LogP contribution is -2.45. The van der Waals surface area contributed by atoms with E-state index in [2.05, 4.69) is 16.8 Å². The molecule has 1 fully saturated rings. The molecule has 2 heterocycles. The summed E-state index contributed by atoms with van der Waals surface area (Å²) >= 11 is 1.87. The molecule has 0 aromatic carbocycles. The van der Waals surface area contributed by atoms with Gasteiger partial charge in [0.2, 0.25) is 0 Å². The summed E-state index contributed by atoms with van der Waals surface area (Å²) in [5.74, 6) is 0. The van der Waals surface area contributed by atoms with E-state index in [1.165, 1.54) is 23.3 Å². The van der Waals surface area contributed by atoms with Crippen molar-refractivity contribution >= 4 is 11.3 Å². The Kier molecular flexibility index (Phi) is 1.89. The summed E-state index contributed by atoms with van der Waals surface area (Å²) in [4.78, 5) is 1.53. The van der Waals surface area contributed by atoms with Gasteiger partial charge < -0.3 is 10.1 Å². The minimum absolute atomic E-state index is 0.337. The number of morpholine rings is 1. The maximum absolute atomic E-state index is 5.81. The fraction of sp³-hybridized carbons (Fsp3) is 0.600. The molecule has 70 valence electrons. The average molecular weight is 195 g/mol. The Morgan fingerprint density at radius 1 is 1.54 bits per heavy atom. The predicted octanol–water partition coefficient (Wildman–Crippen LogP) is 1.72. The van der Waals surface area contributed by atoms with Gasteiger partial charge in [-0.3, -0.25) is 0 Å². The summed E-state index contributed by atoms with van der Waals surface area (Å²) in [7, 11) is 0. The highest BCUT2D eigenvalue weighted by Gasteiger charge is 2.32. The van der Waals surface area contributed by atoms with Gasteiger partial charge in [0.25, 0.3) is 0 Å². The zero-order valence-corrected chi connectivity index (χ0v) is 8.27. The second-order valence-corrected chi connectivity index (χ2v) is 4.69. The van der Waals surface area contributed by atoms with Crippen LogP contribution in [0.2, 0.25) is 0 Å². The first-order chi connectivity index (χ1) is 6.45. The van der Waals surface area contributed by atoms with Crippen molar-refractivity contribution in [1.82, 2.24) is 5.32 Å². The van der Waals surface area contributed by atoms with Gasteiger partial charge in [-0.25, -0.2) is 0 Å². The van der Waals surface area contributed by atoms with Crippen LogP contribution >= 0.6 is 11.3 Å². The van der Waals surface area contributed by atoms with Crippen LogP contribution in [0.4, 0.5) is 0 Å². The van der Waals surface area contributed by atoms with Crippen molar-refractivity contribution in [2.75, 3.05) is 13.2 Å². The summed E-state index contributed by atoms with van der Waals surface area (Å²) < 4.78 is 5.81. The molecule has 0 radical (unpaired) electrons. The summed E-state index contributed by atoms with van der Waals surface area (Å²) in [5, 5.41) is 5.72. The SMILES string of the molecule is c1cc2c(s1)CC[C@@H]1NCCO[C@@H]21. The molecule has 1 aromatic rings. The molecular formula is C10H13NOS. The van der Waals surface area contributed by atoms with Gasteiger partial charge in [0.1, 0.15) is 0 Å². The fourth-order valence-corrected chi connectivity index (χ4v) is 3.24. The van der Waals surface area contributed by atoms with Crippen LogP contribution < -0.4 is 5.32 Å². The standard InChI is InChI=1S/C10H13NOS/c1-2-9-7(3-6-13-9)10-8(1)11-4-5-12-10/h3,6,8,10-11H,1-2,4-5H2/t8-,10-/m0/s1. The number of fused-ring (bicyclic) bond motifs is 3. The number of nitrogens with one attached hydrogen (secondary N) is 1. The molecule has 0 amide bonds. The van der Waals surface area contributed by atoms with E-state index in [0.717, 1.165) is 13.2 Å². The van der Waals surface area contributed by atoms with Gasteiger partial charge in [-0.1, -0.05) is 0 Å². The molecule has 0 unspecified atom stereocenters. The molecule has 0 spiro atoms. The zero-order valence-electron chi connectivity index (χ0n) is 7.45. The number of hydrogen-bond acceptors (Lipinski definition) is 3. The molecule has 1 aliphatic carbocycles. The van der Waals surface area contributed by atoms with Gasteiger partial charge in [-0.05, 0) is 29.9 Å². The van der Waals surface area contributed by atoms with Gasteiger partial charge >= 0.3 is 0 Å². The lowest BCUT2D eigenvalue weighted by Gasteiger charge is -2.36. The molecule has 0 bridgehead atoms. The second-order valence-electron chi connectivity index (χ2n) is 3.69. The molecule has 2 aliphatic rings. The van der Waals surface area contributed by atoms with Crippen LogP contribution in [0.25, 0.3) is 0 Å². The molecule has 13 heavy (non-hydrogen) atoms. The van der Waals surface area contributed by atoms with Gasteiger partial charge in [0.15, 0.2) is 0 Å². The van der Waals surface area contributed by atoms with Crippen LogP contribution in [0, 0.1) is 0 Å². The molecular weight excluding hydrogens is 182 g/mol. The first-order valence-electron chi connectivity index (χ1n) is 4.86. The molecule has 1 aliphatic heterocycles. The molecule has 0 saturated carbocycles. The smallest absolute Gasteiger partial charge is 0.0989 e. The molecule has 3 heteroatoms.